The monoisotopic (exact) mass is 304 g/mol. The van der Waals surface area contributed by atoms with Gasteiger partial charge in [-0.25, -0.2) is 4.79 Å². The molecule has 2 rings (SSSR count). The second-order valence-electron chi connectivity index (χ2n) is 4.78. The molecule has 19 heavy (non-hydrogen) atoms. The lowest BCUT2D eigenvalue weighted by atomic mass is 9.97. The number of carboxylic acid groups (broad SMARTS) is 1. The molecule has 1 fully saturated rings. The normalized spacial score (nSPS) is 17.4. The summed E-state index contributed by atoms with van der Waals surface area (Å²) in [6, 6.07) is 1.43. The van der Waals surface area contributed by atoms with Crippen molar-refractivity contribution in [3.05, 3.63) is 21.9 Å². The second-order valence-corrected chi connectivity index (χ2v) is 5.54. The first-order valence-corrected chi connectivity index (χ1v) is 6.69. The molecule has 0 aromatic carbocycles. The summed E-state index contributed by atoms with van der Waals surface area (Å²) < 4.78 is 1.43. The number of carbonyl (C=O) groups excluding carboxylic acids is 1. The quantitative estimate of drug-likeness (QED) is 0.901. The molecule has 104 valence electrons. The van der Waals surface area contributed by atoms with E-state index >= 15 is 0 Å². The van der Waals surface area contributed by atoms with E-state index < -0.39 is 17.4 Å². The van der Waals surface area contributed by atoms with Crippen LogP contribution in [0.25, 0.3) is 0 Å². The number of nitrogens with zero attached hydrogens (tertiary/aromatic N) is 1. The molecule has 1 aliphatic carbocycles. The van der Waals surface area contributed by atoms with Crippen molar-refractivity contribution >= 4 is 35.1 Å². The molecule has 0 unspecified atom stereocenters. The zero-order valence-corrected chi connectivity index (χ0v) is 11.9. The van der Waals surface area contributed by atoms with Crippen LogP contribution < -0.4 is 5.32 Å². The third kappa shape index (κ3) is 2.44. The number of carboxylic acids is 1. The smallest absolute Gasteiger partial charge is 0.329 e. The zero-order chi connectivity index (χ0) is 14.2. The van der Waals surface area contributed by atoms with Gasteiger partial charge in [0, 0.05) is 7.05 Å². The largest absolute Gasteiger partial charge is 0.480 e. The molecule has 1 aromatic heterocycles. The average molecular weight is 305 g/mol. The van der Waals surface area contributed by atoms with Crippen molar-refractivity contribution in [2.75, 3.05) is 0 Å². The van der Waals surface area contributed by atoms with Gasteiger partial charge in [-0.1, -0.05) is 36.0 Å². The fourth-order valence-corrected chi connectivity index (χ4v) is 2.79. The first kappa shape index (κ1) is 14.2. The summed E-state index contributed by atoms with van der Waals surface area (Å²) >= 11 is 11.7. The van der Waals surface area contributed by atoms with E-state index in [0.717, 1.165) is 12.8 Å². The lowest BCUT2D eigenvalue weighted by Gasteiger charge is -2.25. The van der Waals surface area contributed by atoms with Gasteiger partial charge in [0.1, 0.15) is 16.4 Å². The molecule has 7 heteroatoms. The highest BCUT2D eigenvalue weighted by Gasteiger charge is 2.43. The van der Waals surface area contributed by atoms with E-state index in [-0.39, 0.29) is 15.9 Å². The van der Waals surface area contributed by atoms with Crippen LogP contribution in [0.5, 0.6) is 0 Å². The van der Waals surface area contributed by atoms with Gasteiger partial charge in [0.25, 0.3) is 5.91 Å². The van der Waals surface area contributed by atoms with Gasteiger partial charge >= 0.3 is 5.97 Å². The second kappa shape index (κ2) is 5.06. The number of halogens is 2. The van der Waals surface area contributed by atoms with Crippen molar-refractivity contribution in [1.82, 2.24) is 9.88 Å². The van der Waals surface area contributed by atoms with Crippen LogP contribution >= 0.6 is 23.2 Å². The topological polar surface area (TPSA) is 71.3 Å². The Balaban J connectivity index is 2.25. The van der Waals surface area contributed by atoms with Gasteiger partial charge in [0.2, 0.25) is 0 Å². The van der Waals surface area contributed by atoms with Crippen LogP contribution in [0.3, 0.4) is 0 Å². The minimum atomic E-state index is -1.17. The maximum Gasteiger partial charge on any atom is 0.329 e. The fourth-order valence-electron chi connectivity index (χ4n) is 2.41. The molecule has 2 N–H and O–H groups in total. The lowest BCUT2D eigenvalue weighted by Crippen LogP contribution is -2.52. The minimum Gasteiger partial charge on any atom is -0.480 e. The Kier molecular flexibility index (Phi) is 3.78. The predicted octanol–water partition coefficient (Wildman–Crippen LogP) is 2.46. The van der Waals surface area contributed by atoms with Crippen molar-refractivity contribution in [3.8, 4) is 0 Å². The summed E-state index contributed by atoms with van der Waals surface area (Å²) in [4.78, 5) is 23.6. The lowest BCUT2D eigenvalue weighted by molar-refractivity contribution is -0.144. The molecule has 0 saturated heterocycles. The Morgan fingerprint density at radius 2 is 1.95 bits per heavy atom. The van der Waals surface area contributed by atoms with E-state index in [0.29, 0.717) is 12.8 Å². The third-order valence-corrected chi connectivity index (χ3v) is 4.41. The van der Waals surface area contributed by atoms with Crippen LogP contribution in [-0.4, -0.2) is 27.1 Å². The van der Waals surface area contributed by atoms with Crippen molar-refractivity contribution in [2.45, 2.75) is 31.2 Å². The Morgan fingerprint density at radius 1 is 1.37 bits per heavy atom. The number of hydrogen-bond acceptors (Lipinski definition) is 2. The Morgan fingerprint density at radius 3 is 2.37 bits per heavy atom. The van der Waals surface area contributed by atoms with Gasteiger partial charge in [-0.2, -0.15) is 0 Å². The Bertz CT molecular complexity index is 533. The van der Waals surface area contributed by atoms with Crippen LogP contribution in [-0.2, 0) is 11.8 Å². The number of amides is 1. The van der Waals surface area contributed by atoms with Crippen LogP contribution in [0.4, 0.5) is 0 Å². The summed E-state index contributed by atoms with van der Waals surface area (Å²) in [6.07, 6.45) is 2.47. The number of nitrogens with one attached hydrogen (secondary N) is 1. The van der Waals surface area contributed by atoms with Gasteiger partial charge in [-0.3, -0.25) is 4.79 Å². The predicted molar refractivity (Wildman–Crippen MR) is 71.7 cm³/mol. The summed E-state index contributed by atoms with van der Waals surface area (Å²) in [6.45, 7) is 0. The number of hydrogen-bond donors (Lipinski definition) is 2. The minimum absolute atomic E-state index is 0.252. The van der Waals surface area contributed by atoms with E-state index in [1.807, 2.05) is 0 Å². The number of carbonyl (C=O) groups is 2. The van der Waals surface area contributed by atoms with Crippen LogP contribution in [0.1, 0.15) is 36.2 Å². The molecule has 1 heterocycles. The summed E-state index contributed by atoms with van der Waals surface area (Å²) in [5, 5.41) is 12.4. The number of aliphatic carboxylic acids is 1. The Labute approximate surface area is 120 Å². The molecule has 1 amide bonds. The number of rotatable bonds is 3. The molecule has 5 nitrogen and oxygen atoms in total. The van der Waals surface area contributed by atoms with Crippen molar-refractivity contribution in [1.29, 1.82) is 0 Å². The zero-order valence-electron chi connectivity index (χ0n) is 10.4. The molecule has 0 radical (unpaired) electrons. The van der Waals surface area contributed by atoms with Crippen molar-refractivity contribution < 1.29 is 14.7 Å². The van der Waals surface area contributed by atoms with Gasteiger partial charge < -0.3 is 15.0 Å². The maximum atomic E-state index is 12.2. The highest BCUT2D eigenvalue weighted by atomic mass is 35.5. The molecule has 1 saturated carbocycles. The fraction of sp³-hybridized carbons (Fsp3) is 0.500. The highest BCUT2D eigenvalue weighted by molar-refractivity contribution is 6.41. The standard InChI is InChI=1S/C12H14Cl2N2O3/c1-16-8(6-7(13)9(16)14)10(17)15-12(11(18)19)4-2-3-5-12/h6H,2-5H2,1H3,(H,15,17)(H,18,19). The molecular formula is C12H14Cl2N2O3. The Hall–Kier alpha value is -1.20. The van der Waals surface area contributed by atoms with Crippen LogP contribution in [0, 0.1) is 0 Å². The van der Waals surface area contributed by atoms with E-state index in [9.17, 15) is 14.7 Å². The summed E-state index contributed by atoms with van der Waals surface area (Å²) in [5.41, 5.74) is -0.914. The molecule has 0 aliphatic heterocycles. The summed E-state index contributed by atoms with van der Waals surface area (Å²) in [5.74, 6) is -1.47. The van der Waals surface area contributed by atoms with Crippen LogP contribution in [0.2, 0.25) is 10.2 Å². The van der Waals surface area contributed by atoms with Gasteiger partial charge in [-0.05, 0) is 18.9 Å². The maximum absolute atomic E-state index is 12.2. The van der Waals surface area contributed by atoms with E-state index in [1.165, 1.54) is 10.6 Å². The van der Waals surface area contributed by atoms with Crippen molar-refractivity contribution in [2.24, 2.45) is 7.05 Å². The molecule has 0 atom stereocenters. The van der Waals surface area contributed by atoms with E-state index in [1.54, 1.807) is 7.05 Å². The van der Waals surface area contributed by atoms with E-state index in [4.69, 9.17) is 23.2 Å². The molecule has 0 bridgehead atoms. The molecule has 0 spiro atoms. The summed E-state index contributed by atoms with van der Waals surface area (Å²) in [7, 11) is 1.60. The van der Waals surface area contributed by atoms with Gasteiger partial charge in [0.05, 0.1) is 5.02 Å². The average Bonchev–Trinajstić information content (AvgIpc) is 2.91. The van der Waals surface area contributed by atoms with Crippen molar-refractivity contribution in [3.63, 3.8) is 0 Å². The molecular weight excluding hydrogens is 291 g/mol. The highest BCUT2D eigenvalue weighted by Crippen LogP contribution is 2.31. The molecule has 1 aromatic rings. The molecule has 1 aliphatic rings. The van der Waals surface area contributed by atoms with Crippen LogP contribution in [0.15, 0.2) is 6.07 Å². The van der Waals surface area contributed by atoms with E-state index in [2.05, 4.69) is 5.32 Å². The third-order valence-electron chi connectivity index (χ3n) is 3.57. The van der Waals surface area contributed by atoms with Gasteiger partial charge in [-0.15, -0.1) is 0 Å². The van der Waals surface area contributed by atoms with Gasteiger partial charge in [0.15, 0.2) is 0 Å². The first-order valence-electron chi connectivity index (χ1n) is 5.94. The SMILES string of the molecule is Cn1c(C(=O)NC2(C(=O)O)CCCC2)cc(Cl)c1Cl. The first-order chi connectivity index (χ1) is 8.87. The number of aromatic nitrogens is 1.